The van der Waals surface area contributed by atoms with Gasteiger partial charge in [0.1, 0.15) is 0 Å². The Morgan fingerprint density at radius 3 is 2.54 bits per heavy atom. The molecule has 2 aliphatic heterocycles. The van der Waals surface area contributed by atoms with E-state index in [1.807, 2.05) is 18.3 Å². The minimum Gasteiger partial charge on any atom is -0.375 e. The van der Waals surface area contributed by atoms with Crippen molar-refractivity contribution in [3.8, 4) is 0 Å². The minimum absolute atomic E-state index is 0.480. The molecule has 26 heavy (non-hydrogen) atoms. The fourth-order valence-electron chi connectivity index (χ4n) is 5.24. The Morgan fingerprint density at radius 2 is 1.81 bits per heavy atom. The van der Waals surface area contributed by atoms with Crippen molar-refractivity contribution in [2.75, 3.05) is 45.9 Å². The summed E-state index contributed by atoms with van der Waals surface area (Å²) >= 11 is 0. The molecule has 0 aromatic carbocycles. The summed E-state index contributed by atoms with van der Waals surface area (Å²) in [4.78, 5) is 9.94. The third-order valence-corrected chi connectivity index (χ3v) is 7.07. The first-order valence-corrected chi connectivity index (χ1v) is 10.7. The maximum atomic E-state index is 6.18. The third-order valence-electron chi connectivity index (χ3n) is 7.07. The van der Waals surface area contributed by atoms with Gasteiger partial charge in [0, 0.05) is 50.3 Å². The largest absolute Gasteiger partial charge is 0.375 e. The van der Waals surface area contributed by atoms with Gasteiger partial charge in [-0.25, -0.2) is 0 Å². The van der Waals surface area contributed by atoms with Crippen LogP contribution in [0.25, 0.3) is 0 Å². The number of ether oxygens (including phenoxy) is 1. The zero-order valence-electron chi connectivity index (χ0n) is 16.0. The van der Waals surface area contributed by atoms with Gasteiger partial charge in [-0.15, -0.1) is 0 Å². The number of pyridine rings is 1. The second kappa shape index (κ2) is 7.21. The second-order valence-corrected chi connectivity index (χ2v) is 9.46. The van der Waals surface area contributed by atoms with Gasteiger partial charge >= 0.3 is 0 Å². The van der Waals surface area contributed by atoms with E-state index in [-0.39, 0.29) is 0 Å². The van der Waals surface area contributed by atoms with Crippen molar-refractivity contribution in [3.05, 3.63) is 30.1 Å². The molecule has 142 valence electrons. The number of aromatic nitrogens is 1. The van der Waals surface area contributed by atoms with E-state index in [2.05, 4.69) is 20.9 Å². The quantitative estimate of drug-likeness (QED) is 0.717. The molecule has 3 heterocycles. The Labute approximate surface area is 157 Å². The van der Waals surface area contributed by atoms with Gasteiger partial charge in [0.2, 0.25) is 0 Å². The van der Waals surface area contributed by atoms with E-state index in [0.29, 0.717) is 17.9 Å². The summed E-state index contributed by atoms with van der Waals surface area (Å²) < 4.78 is 6.18. The van der Waals surface area contributed by atoms with Crippen LogP contribution in [0.3, 0.4) is 0 Å². The van der Waals surface area contributed by atoms with Crippen LogP contribution in [-0.2, 0) is 11.3 Å². The van der Waals surface area contributed by atoms with Gasteiger partial charge in [0.25, 0.3) is 0 Å². The molecule has 0 radical (unpaired) electrons. The maximum Gasteiger partial charge on any atom is 0.0887 e. The standard InChI is InChI=1S/C22H33N3O/c1-2-9-23-21(3-1)15-26-14-20-13-25(12-19-6-7-19)17-22(20)8-10-24(16-22)11-18-4-5-18/h1-3,9,18-20H,4-8,10-17H2/t20-,22+/m0/s1. The highest BCUT2D eigenvalue weighted by Crippen LogP contribution is 2.46. The number of hydrogen-bond donors (Lipinski definition) is 0. The topological polar surface area (TPSA) is 28.6 Å². The molecule has 0 unspecified atom stereocenters. The average molecular weight is 356 g/mol. The molecule has 2 aliphatic carbocycles. The molecule has 4 aliphatic rings. The normalized spacial score (nSPS) is 32.7. The summed E-state index contributed by atoms with van der Waals surface area (Å²) in [7, 11) is 0. The van der Waals surface area contributed by atoms with Gasteiger partial charge in [0.15, 0.2) is 0 Å². The van der Waals surface area contributed by atoms with E-state index < -0.39 is 0 Å². The highest BCUT2D eigenvalue weighted by atomic mass is 16.5. The summed E-state index contributed by atoms with van der Waals surface area (Å²) in [6.07, 6.45) is 9.08. The first-order chi connectivity index (χ1) is 12.8. The molecule has 4 fully saturated rings. The van der Waals surface area contributed by atoms with Crippen molar-refractivity contribution >= 4 is 0 Å². The Morgan fingerprint density at radius 1 is 1.04 bits per heavy atom. The molecule has 1 aromatic rings. The van der Waals surface area contributed by atoms with E-state index in [9.17, 15) is 0 Å². The van der Waals surface area contributed by atoms with Crippen molar-refractivity contribution in [1.29, 1.82) is 0 Å². The van der Waals surface area contributed by atoms with Crippen LogP contribution in [0.4, 0.5) is 0 Å². The third kappa shape index (κ3) is 3.97. The van der Waals surface area contributed by atoms with Crippen molar-refractivity contribution in [3.63, 3.8) is 0 Å². The SMILES string of the molecule is c1ccc(COC[C@@H]2CN(CC3CC3)C[C@]23CCN(CC2CC2)C3)nc1. The number of rotatable bonds is 8. The van der Waals surface area contributed by atoms with E-state index >= 15 is 0 Å². The Balaban J connectivity index is 1.20. The van der Waals surface area contributed by atoms with Gasteiger partial charge in [-0.05, 0) is 62.6 Å². The summed E-state index contributed by atoms with van der Waals surface area (Å²) in [5.41, 5.74) is 1.53. The summed E-state index contributed by atoms with van der Waals surface area (Å²) in [6, 6.07) is 6.09. The summed E-state index contributed by atoms with van der Waals surface area (Å²) in [6.45, 7) is 9.41. The van der Waals surface area contributed by atoms with Gasteiger partial charge in [0.05, 0.1) is 18.9 Å². The lowest BCUT2D eigenvalue weighted by atomic mass is 9.77. The van der Waals surface area contributed by atoms with Crippen molar-refractivity contribution in [1.82, 2.24) is 14.8 Å². The molecule has 2 saturated carbocycles. The van der Waals surface area contributed by atoms with Crippen LogP contribution < -0.4 is 0 Å². The van der Waals surface area contributed by atoms with Crippen molar-refractivity contribution < 1.29 is 4.74 Å². The van der Waals surface area contributed by atoms with Crippen molar-refractivity contribution in [2.24, 2.45) is 23.2 Å². The van der Waals surface area contributed by atoms with Crippen LogP contribution in [0, 0.1) is 23.2 Å². The average Bonchev–Trinajstić information content (AvgIpc) is 3.56. The molecule has 0 bridgehead atoms. The smallest absolute Gasteiger partial charge is 0.0887 e. The Hall–Kier alpha value is -0.970. The highest BCUT2D eigenvalue weighted by molar-refractivity contribution is 5.04. The van der Waals surface area contributed by atoms with Gasteiger partial charge < -0.3 is 14.5 Å². The monoisotopic (exact) mass is 355 g/mol. The molecule has 0 N–H and O–H groups in total. The van der Waals surface area contributed by atoms with E-state index in [0.717, 1.165) is 24.1 Å². The summed E-state index contributed by atoms with van der Waals surface area (Å²) in [5.74, 6) is 2.69. The number of nitrogens with zero attached hydrogens (tertiary/aromatic N) is 3. The lowest BCUT2D eigenvalue weighted by molar-refractivity contribution is 0.0502. The first kappa shape index (κ1) is 17.2. The number of likely N-dealkylation sites (tertiary alicyclic amines) is 2. The molecule has 4 heteroatoms. The molecular weight excluding hydrogens is 322 g/mol. The van der Waals surface area contributed by atoms with E-state index in [1.54, 1.807) is 0 Å². The predicted molar refractivity (Wildman–Crippen MR) is 103 cm³/mol. The van der Waals surface area contributed by atoms with Crippen LogP contribution in [0.1, 0.15) is 37.8 Å². The first-order valence-electron chi connectivity index (χ1n) is 10.7. The van der Waals surface area contributed by atoms with Crippen LogP contribution in [0.2, 0.25) is 0 Å². The Kier molecular flexibility index (Phi) is 4.76. The second-order valence-electron chi connectivity index (χ2n) is 9.46. The van der Waals surface area contributed by atoms with Gasteiger partial charge in [-0.2, -0.15) is 0 Å². The maximum absolute atomic E-state index is 6.18. The molecule has 1 aromatic heterocycles. The van der Waals surface area contributed by atoms with Crippen LogP contribution in [0.5, 0.6) is 0 Å². The zero-order chi connectivity index (χ0) is 17.4. The molecule has 2 atom stereocenters. The number of hydrogen-bond acceptors (Lipinski definition) is 4. The molecule has 2 saturated heterocycles. The molecule has 0 amide bonds. The predicted octanol–water partition coefficient (Wildman–Crippen LogP) is 3.04. The zero-order valence-corrected chi connectivity index (χ0v) is 16.0. The molecule has 1 spiro atoms. The lowest BCUT2D eigenvalue weighted by Gasteiger charge is -2.30. The van der Waals surface area contributed by atoms with E-state index in [1.165, 1.54) is 71.4 Å². The molecular formula is C22H33N3O. The lowest BCUT2D eigenvalue weighted by Crippen LogP contribution is -2.37. The fraction of sp³-hybridized carbons (Fsp3) is 0.773. The highest BCUT2D eigenvalue weighted by Gasteiger charge is 2.51. The van der Waals surface area contributed by atoms with Crippen LogP contribution in [0.15, 0.2) is 24.4 Å². The van der Waals surface area contributed by atoms with Crippen LogP contribution in [-0.4, -0.2) is 60.7 Å². The van der Waals surface area contributed by atoms with E-state index in [4.69, 9.17) is 4.74 Å². The summed E-state index contributed by atoms with van der Waals surface area (Å²) in [5, 5.41) is 0. The van der Waals surface area contributed by atoms with Crippen LogP contribution >= 0.6 is 0 Å². The van der Waals surface area contributed by atoms with Gasteiger partial charge in [-0.1, -0.05) is 6.07 Å². The van der Waals surface area contributed by atoms with Gasteiger partial charge in [-0.3, -0.25) is 4.98 Å². The fourth-order valence-corrected chi connectivity index (χ4v) is 5.24. The van der Waals surface area contributed by atoms with Crippen molar-refractivity contribution in [2.45, 2.75) is 38.7 Å². The Bertz CT molecular complexity index is 597. The molecule has 5 rings (SSSR count). The minimum atomic E-state index is 0.480. The molecule has 4 nitrogen and oxygen atoms in total.